The molecule has 35 heavy (non-hydrogen) atoms. The zero-order valence-electron chi connectivity index (χ0n) is 18.7. The fraction of sp³-hybridized carbons (Fsp3) is 0.409. The van der Waals surface area contributed by atoms with Crippen LogP contribution in [-0.4, -0.2) is 35.9 Å². The third kappa shape index (κ3) is 6.24. The van der Waals surface area contributed by atoms with Crippen molar-refractivity contribution in [1.82, 2.24) is 9.99 Å². The van der Waals surface area contributed by atoms with Crippen LogP contribution in [0.25, 0.3) is 0 Å². The Morgan fingerprint density at radius 3 is 2.17 bits per heavy atom. The Hall–Kier alpha value is -2.40. The van der Waals surface area contributed by atoms with E-state index in [1.807, 2.05) is 0 Å². The van der Waals surface area contributed by atoms with Gasteiger partial charge in [-0.3, -0.25) is 4.67 Å². The number of hydrogen-bond donors (Lipinski definition) is 2. The van der Waals surface area contributed by atoms with Gasteiger partial charge in [0, 0.05) is 7.11 Å². The summed E-state index contributed by atoms with van der Waals surface area (Å²) in [7, 11) is -0.947. The molecule has 2 aromatic rings. The lowest BCUT2D eigenvalue weighted by atomic mass is 9.88. The van der Waals surface area contributed by atoms with E-state index >= 15 is 0 Å². The number of benzene rings is 2. The molecule has 0 saturated carbocycles. The Morgan fingerprint density at radius 2 is 1.66 bits per heavy atom. The zero-order valence-corrected chi connectivity index (χ0v) is 19.5. The molecular weight excluding hydrogens is 501 g/mol. The summed E-state index contributed by atoms with van der Waals surface area (Å²) in [6, 6.07) is 9.50. The molecule has 2 N–H and O–H groups in total. The number of carbonyl (C=O) groups excluding carboxylic acids is 1. The Labute approximate surface area is 198 Å². The van der Waals surface area contributed by atoms with Crippen LogP contribution in [0, 0.1) is 0 Å². The molecule has 2 aromatic carbocycles. The molecule has 3 atom stereocenters. The van der Waals surface area contributed by atoms with E-state index in [0.29, 0.717) is 17.7 Å². The number of rotatable bonds is 8. The standard InChI is InChI=1S/C22H23F6N2O4P/c1-14(15-10-17(21(23,24)25)12-18(11-15)22(26,27)28)34-9-8-20(16-6-4-3-5-7-16)13-30(19(31)29-20)35(32)33-2/h3-7,10-12,14,32H,8-9,13H2,1-2H3,(H,29,31)/t14?,20-,35?/m0/s1. The molecule has 3 rings (SSSR count). The lowest BCUT2D eigenvalue weighted by Crippen LogP contribution is -2.41. The van der Waals surface area contributed by atoms with Crippen LogP contribution in [0.5, 0.6) is 0 Å². The van der Waals surface area contributed by atoms with Crippen molar-refractivity contribution in [2.24, 2.45) is 0 Å². The minimum Gasteiger partial charge on any atom is -0.374 e. The van der Waals surface area contributed by atoms with Gasteiger partial charge in [0.1, 0.15) is 0 Å². The third-order valence-corrected chi connectivity index (χ3v) is 6.74. The van der Waals surface area contributed by atoms with Gasteiger partial charge in [0.05, 0.1) is 35.9 Å². The van der Waals surface area contributed by atoms with Crippen molar-refractivity contribution < 1.29 is 45.3 Å². The van der Waals surface area contributed by atoms with E-state index in [0.717, 1.165) is 4.67 Å². The lowest BCUT2D eigenvalue weighted by molar-refractivity contribution is -0.143. The minimum absolute atomic E-state index is 0.0193. The van der Waals surface area contributed by atoms with E-state index in [4.69, 9.17) is 9.26 Å². The summed E-state index contributed by atoms with van der Waals surface area (Å²) in [4.78, 5) is 22.5. The molecule has 0 spiro atoms. The zero-order chi connectivity index (χ0) is 26.0. The monoisotopic (exact) mass is 524 g/mol. The van der Waals surface area contributed by atoms with Crippen molar-refractivity contribution >= 4 is 14.6 Å². The molecule has 192 valence electrons. The van der Waals surface area contributed by atoms with Gasteiger partial charge in [0.25, 0.3) is 8.53 Å². The second kappa shape index (κ2) is 10.3. The number of ether oxygens (including phenoxy) is 1. The van der Waals surface area contributed by atoms with Crippen molar-refractivity contribution in [3.8, 4) is 0 Å². The summed E-state index contributed by atoms with van der Waals surface area (Å²) in [5, 5.41) is 2.81. The van der Waals surface area contributed by atoms with E-state index in [-0.39, 0.29) is 31.2 Å². The first-order valence-corrected chi connectivity index (χ1v) is 11.5. The van der Waals surface area contributed by atoms with Gasteiger partial charge in [0.15, 0.2) is 0 Å². The molecule has 0 aromatic heterocycles. The number of halogens is 6. The van der Waals surface area contributed by atoms with Gasteiger partial charge in [-0.2, -0.15) is 26.3 Å². The predicted molar refractivity (Wildman–Crippen MR) is 115 cm³/mol. The minimum atomic E-state index is -4.96. The van der Waals surface area contributed by atoms with Crippen LogP contribution in [0.3, 0.4) is 0 Å². The third-order valence-electron chi connectivity index (χ3n) is 5.67. The fourth-order valence-electron chi connectivity index (χ4n) is 3.80. The molecule has 1 aliphatic heterocycles. The van der Waals surface area contributed by atoms with Crippen LogP contribution >= 0.6 is 8.53 Å². The van der Waals surface area contributed by atoms with E-state index < -0.39 is 49.7 Å². The maximum absolute atomic E-state index is 13.2. The molecule has 1 heterocycles. The van der Waals surface area contributed by atoms with Crippen molar-refractivity contribution in [1.29, 1.82) is 0 Å². The summed E-state index contributed by atoms with van der Waals surface area (Å²) in [5.41, 5.74) is -3.47. The van der Waals surface area contributed by atoms with Gasteiger partial charge in [-0.05, 0) is 42.7 Å². The molecule has 2 amide bonds. The number of carbonyl (C=O) groups is 1. The maximum atomic E-state index is 13.2. The van der Waals surface area contributed by atoms with Crippen LogP contribution in [0.2, 0.25) is 0 Å². The predicted octanol–water partition coefficient (Wildman–Crippen LogP) is 5.98. The lowest BCUT2D eigenvalue weighted by Gasteiger charge is -2.30. The summed E-state index contributed by atoms with van der Waals surface area (Å²) in [5.74, 6) is 0. The topological polar surface area (TPSA) is 71.0 Å². The van der Waals surface area contributed by atoms with Crippen LogP contribution in [0.4, 0.5) is 31.1 Å². The fourth-order valence-corrected chi connectivity index (χ4v) is 4.56. The Balaban J connectivity index is 1.81. The number of urea groups is 1. The largest absolute Gasteiger partial charge is 0.416 e. The number of nitrogens with zero attached hydrogens (tertiary/aromatic N) is 1. The summed E-state index contributed by atoms with van der Waals surface area (Å²) < 4.78 is 90.7. The number of amides is 2. The van der Waals surface area contributed by atoms with Crippen molar-refractivity contribution in [3.05, 3.63) is 70.8 Å². The molecule has 6 nitrogen and oxygen atoms in total. The molecular formula is C22H23F6N2O4P. The quantitative estimate of drug-likeness (QED) is 0.330. The molecule has 0 aliphatic carbocycles. The highest BCUT2D eigenvalue weighted by molar-refractivity contribution is 7.44. The SMILES string of the molecule is COP(O)N1C[C@@](CCOC(C)c2cc(C(F)(F)F)cc(C(F)(F)F)c2)(c2ccccc2)NC1=O. The second-order valence-electron chi connectivity index (χ2n) is 7.97. The molecule has 1 aliphatic rings. The van der Waals surface area contributed by atoms with Gasteiger partial charge in [-0.15, -0.1) is 0 Å². The summed E-state index contributed by atoms with van der Waals surface area (Å²) >= 11 is 0. The van der Waals surface area contributed by atoms with Gasteiger partial charge < -0.3 is 19.5 Å². The average molecular weight is 524 g/mol. The van der Waals surface area contributed by atoms with E-state index in [2.05, 4.69) is 5.32 Å². The van der Waals surface area contributed by atoms with Gasteiger partial charge >= 0.3 is 18.4 Å². The molecule has 1 saturated heterocycles. The molecule has 1 fully saturated rings. The average Bonchev–Trinajstić information content (AvgIpc) is 3.15. The van der Waals surface area contributed by atoms with Crippen molar-refractivity contribution in [2.45, 2.75) is 37.3 Å². The summed E-state index contributed by atoms with van der Waals surface area (Å²) in [6.07, 6.45) is -10.9. The van der Waals surface area contributed by atoms with E-state index in [9.17, 15) is 36.0 Å². The number of hydrogen-bond acceptors (Lipinski definition) is 4. The first-order chi connectivity index (χ1) is 16.3. The Morgan fingerprint density at radius 1 is 1.09 bits per heavy atom. The molecule has 0 radical (unpaired) electrons. The van der Waals surface area contributed by atoms with Crippen LogP contribution in [0.1, 0.15) is 41.7 Å². The highest BCUT2D eigenvalue weighted by Gasteiger charge is 2.46. The molecule has 0 bridgehead atoms. The maximum Gasteiger partial charge on any atom is 0.416 e. The van der Waals surface area contributed by atoms with Crippen LogP contribution in [0.15, 0.2) is 48.5 Å². The normalized spacial score (nSPS) is 20.6. The highest BCUT2D eigenvalue weighted by Crippen LogP contribution is 2.44. The van der Waals surface area contributed by atoms with Crippen molar-refractivity contribution in [2.75, 3.05) is 20.3 Å². The first kappa shape index (κ1) is 27.2. The van der Waals surface area contributed by atoms with Gasteiger partial charge in [0.2, 0.25) is 0 Å². The highest BCUT2D eigenvalue weighted by atomic mass is 31.2. The van der Waals surface area contributed by atoms with Crippen molar-refractivity contribution in [3.63, 3.8) is 0 Å². The van der Waals surface area contributed by atoms with E-state index in [1.165, 1.54) is 14.0 Å². The van der Waals surface area contributed by atoms with Gasteiger partial charge in [-0.1, -0.05) is 30.3 Å². The van der Waals surface area contributed by atoms with Crippen LogP contribution in [-0.2, 0) is 27.2 Å². The first-order valence-electron chi connectivity index (χ1n) is 10.4. The number of nitrogens with one attached hydrogen (secondary N) is 1. The van der Waals surface area contributed by atoms with Crippen LogP contribution < -0.4 is 5.32 Å². The second-order valence-corrected chi connectivity index (χ2v) is 9.33. The molecule has 2 unspecified atom stereocenters. The smallest absolute Gasteiger partial charge is 0.374 e. The van der Waals surface area contributed by atoms with E-state index in [1.54, 1.807) is 30.3 Å². The molecule has 13 heteroatoms. The Bertz CT molecular complexity index is 1000. The number of alkyl halides is 6. The summed E-state index contributed by atoms with van der Waals surface area (Å²) in [6.45, 7) is 1.26. The Kier molecular flexibility index (Phi) is 8.00. The van der Waals surface area contributed by atoms with Gasteiger partial charge in [-0.25, -0.2) is 4.79 Å².